The van der Waals surface area contributed by atoms with Gasteiger partial charge in [-0.3, -0.25) is 0 Å². The van der Waals surface area contributed by atoms with Crippen molar-refractivity contribution in [1.82, 2.24) is 19.5 Å². The molecule has 1 fully saturated rings. The highest BCUT2D eigenvalue weighted by molar-refractivity contribution is 5.45. The Morgan fingerprint density at radius 2 is 2.14 bits per heavy atom. The van der Waals surface area contributed by atoms with E-state index in [9.17, 15) is 5.11 Å². The molecule has 1 N–H and O–H groups in total. The lowest BCUT2D eigenvalue weighted by molar-refractivity contribution is 0.198. The predicted octanol–water partition coefficient (Wildman–Crippen LogP) is 0.654. The molecule has 4 heterocycles. The van der Waals surface area contributed by atoms with Gasteiger partial charge in [0.1, 0.15) is 5.82 Å². The molecule has 0 aliphatic carbocycles. The Bertz CT molecular complexity index is 657. The smallest absolute Gasteiger partial charge is 0.227 e. The Labute approximate surface area is 129 Å². The summed E-state index contributed by atoms with van der Waals surface area (Å²) in [6, 6.07) is 1.92. The van der Waals surface area contributed by atoms with Crippen molar-refractivity contribution >= 4 is 11.8 Å². The highest BCUT2D eigenvalue weighted by atomic mass is 16.3. The summed E-state index contributed by atoms with van der Waals surface area (Å²) in [5.41, 5.74) is 1.20. The number of β-amino-alcohol motifs (C(OH)–C–C–N with tert-alkyl or cyclic N) is 1. The van der Waals surface area contributed by atoms with Gasteiger partial charge in [0.2, 0.25) is 5.95 Å². The minimum atomic E-state index is -0.244. The van der Waals surface area contributed by atoms with Crippen molar-refractivity contribution in [2.45, 2.75) is 32.0 Å². The van der Waals surface area contributed by atoms with E-state index in [4.69, 9.17) is 4.98 Å². The lowest BCUT2D eigenvalue weighted by Gasteiger charge is -2.22. The van der Waals surface area contributed by atoms with Gasteiger partial charge in [-0.1, -0.05) is 0 Å². The summed E-state index contributed by atoms with van der Waals surface area (Å²) < 4.78 is 2.20. The van der Waals surface area contributed by atoms with Crippen LogP contribution in [0.2, 0.25) is 0 Å². The standard InChI is InChI=1S/C15H20N6O/c22-13-3-7-19(10-13)14-2-4-17-15(18-14)20-5-1-6-21-11-16-8-12(21)9-20/h2,4,8,11,13,22H,1,3,5-7,9-10H2. The largest absolute Gasteiger partial charge is 0.391 e. The molecule has 22 heavy (non-hydrogen) atoms. The van der Waals surface area contributed by atoms with Crippen LogP contribution in [0.4, 0.5) is 11.8 Å². The molecule has 1 saturated heterocycles. The first kappa shape index (κ1) is 13.5. The molecule has 0 amide bonds. The molecule has 0 radical (unpaired) electrons. The Balaban J connectivity index is 1.57. The monoisotopic (exact) mass is 300 g/mol. The number of aliphatic hydroxyl groups excluding tert-OH is 1. The van der Waals surface area contributed by atoms with E-state index in [-0.39, 0.29) is 6.10 Å². The van der Waals surface area contributed by atoms with E-state index in [1.807, 2.05) is 24.8 Å². The second-order valence-corrected chi connectivity index (χ2v) is 5.96. The molecule has 7 heteroatoms. The van der Waals surface area contributed by atoms with Crippen molar-refractivity contribution in [3.8, 4) is 0 Å². The van der Waals surface area contributed by atoms with Crippen LogP contribution >= 0.6 is 0 Å². The highest BCUT2D eigenvalue weighted by Gasteiger charge is 2.23. The zero-order valence-electron chi connectivity index (χ0n) is 12.5. The van der Waals surface area contributed by atoms with Gasteiger partial charge in [-0.15, -0.1) is 0 Å². The molecule has 2 aromatic rings. The highest BCUT2D eigenvalue weighted by Crippen LogP contribution is 2.22. The van der Waals surface area contributed by atoms with Gasteiger partial charge >= 0.3 is 0 Å². The fourth-order valence-electron chi connectivity index (χ4n) is 3.18. The molecule has 0 spiro atoms. The maximum atomic E-state index is 9.70. The van der Waals surface area contributed by atoms with E-state index in [0.29, 0.717) is 6.54 Å². The number of hydrogen-bond donors (Lipinski definition) is 1. The van der Waals surface area contributed by atoms with E-state index >= 15 is 0 Å². The summed E-state index contributed by atoms with van der Waals surface area (Å²) in [4.78, 5) is 17.7. The molecule has 2 aliphatic heterocycles. The number of fused-ring (bicyclic) bond motifs is 1. The molecule has 0 bridgehead atoms. The number of aryl methyl sites for hydroxylation is 1. The molecule has 7 nitrogen and oxygen atoms in total. The Kier molecular flexibility index (Phi) is 3.42. The fourth-order valence-corrected chi connectivity index (χ4v) is 3.18. The van der Waals surface area contributed by atoms with E-state index in [1.54, 1.807) is 0 Å². The number of aliphatic hydroxyl groups is 1. The Morgan fingerprint density at radius 1 is 1.18 bits per heavy atom. The minimum absolute atomic E-state index is 0.244. The number of rotatable bonds is 2. The maximum Gasteiger partial charge on any atom is 0.227 e. The van der Waals surface area contributed by atoms with Crippen molar-refractivity contribution in [3.05, 3.63) is 30.5 Å². The van der Waals surface area contributed by atoms with Crippen LogP contribution in [0.15, 0.2) is 24.8 Å². The molecule has 116 valence electrons. The van der Waals surface area contributed by atoms with E-state index in [0.717, 1.165) is 50.8 Å². The number of anilines is 2. The summed E-state index contributed by atoms with van der Waals surface area (Å²) in [5.74, 6) is 1.66. The first-order valence-corrected chi connectivity index (χ1v) is 7.79. The van der Waals surface area contributed by atoms with Crippen LogP contribution < -0.4 is 9.80 Å². The van der Waals surface area contributed by atoms with Gasteiger partial charge in [0, 0.05) is 38.6 Å². The Morgan fingerprint density at radius 3 is 3.00 bits per heavy atom. The zero-order valence-corrected chi connectivity index (χ0v) is 12.5. The summed E-state index contributed by atoms with van der Waals surface area (Å²) in [7, 11) is 0. The second kappa shape index (κ2) is 5.57. The quantitative estimate of drug-likeness (QED) is 0.878. The van der Waals surface area contributed by atoms with Gasteiger partial charge < -0.3 is 19.5 Å². The molecule has 0 saturated carbocycles. The summed E-state index contributed by atoms with van der Waals surface area (Å²) in [6.07, 6.45) is 7.23. The lowest BCUT2D eigenvalue weighted by atomic mass is 10.3. The normalized spacial score (nSPS) is 21.8. The van der Waals surface area contributed by atoms with Crippen molar-refractivity contribution in [1.29, 1.82) is 0 Å². The number of hydrogen-bond acceptors (Lipinski definition) is 6. The summed E-state index contributed by atoms with van der Waals surface area (Å²) in [5, 5.41) is 9.70. The van der Waals surface area contributed by atoms with Gasteiger partial charge in [-0.25, -0.2) is 9.97 Å². The molecule has 4 rings (SSSR count). The fraction of sp³-hybridized carbons (Fsp3) is 0.533. The van der Waals surface area contributed by atoms with Crippen LogP contribution in [0.1, 0.15) is 18.5 Å². The second-order valence-electron chi connectivity index (χ2n) is 5.96. The Hall–Kier alpha value is -2.15. The van der Waals surface area contributed by atoms with Gasteiger partial charge in [-0.05, 0) is 18.9 Å². The number of aromatic nitrogens is 4. The molecule has 0 aromatic carbocycles. The number of imidazole rings is 1. The van der Waals surface area contributed by atoms with Crippen LogP contribution in [0.25, 0.3) is 0 Å². The molecule has 1 unspecified atom stereocenters. The van der Waals surface area contributed by atoms with Crippen LogP contribution in [-0.4, -0.2) is 50.4 Å². The predicted molar refractivity (Wildman–Crippen MR) is 82.8 cm³/mol. The zero-order chi connectivity index (χ0) is 14.9. The molecule has 2 aromatic heterocycles. The molecule has 1 atom stereocenters. The minimum Gasteiger partial charge on any atom is -0.391 e. The summed E-state index contributed by atoms with van der Waals surface area (Å²) >= 11 is 0. The summed E-state index contributed by atoms with van der Waals surface area (Å²) in [6.45, 7) is 4.22. The van der Waals surface area contributed by atoms with Crippen LogP contribution in [0.5, 0.6) is 0 Å². The topological polar surface area (TPSA) is 70.3 Å². The maximum absolute atomic E-state index is 9.70. The van der Waals surface area contributed by atoms with Gasteiger partial charge in [0.25, 0.3) is 0 Å². The first-order valence-electron chi connectivity index (χ1n) is 7.79. The van der Waals surface area contributed by atoms with E-state index in [1.165, 1.54) is 5.69 Å². The van der Waals surface area contributed by atoms with Crippen LogP contribution in [0.3, 0.4) is 0 Å². The molecular formula is C15H20N6O. The van der Waals surface area contributed by atoms with Crippen molar-refractivity contribution < 1.29 is 5.11 Å². The van der Waals surface area contributed by atoms with Gasteiger partial charge in [-0.2, -0.15) is 4.98 Å². The van der Waals surface area contributed by atoms with Crippen LogP contribution in [-0.2, 0) is 13.1 Å². The molecule has 2 aliphatic rings. The number of nitrogens with zero attached hydrogens (tertiary/aromatic N) is 6. The van der Waals surface area contributed by atoms with E-state index in [2.05, 4.69) is 24.3 Å². The SMILES string of the molecule is OC1CCN(c2ccnc(N3CCCn4cncc4C3)n2)C1. The third-order valence-electron chi connectivity index (χ3n) is 4.38. The molecular weight excluding hydrogens is 280 g/mol. The van der Waals surface area contributed by atoms with Crippen molar-refractivity contribution in [3.63, 3.8) is 0 Å². The van der Waals surface area contributed by atoms with Gasteiger partial charge in [0.05, 0.1) is 24.7 Å². The van der Waals surface area contributed by atoms with Gasteiger partial charge in [0.15, 0.2) is 0 Å². The average molecular weight is 300 g/mol. The third kappa shape index (κ3) is 2.52. The van der Waals surface area contributed by atoms with Crippen molar-refractivity contribution in [2.75, 3.05) is 29.4 Å². The third-order valence-corrected chi connectivity index (χ3v) is 4.38. The first-order chi connectivity index (χ1) is 10.8. The lowest BCUT2D eigenvalue weighted by Crippen LogP contribution is -2.27. The van der Waals surface area contributed by atoms with E-state index < -0.39 is 0 Å². The average Bonchev–Trinajstić information content (AvgIpc) is 3.11. The van der Waals surface area contributed by atoms with Crippen molar-refractivity contribution in [2.24, 2.45) is 0 Å². The van der Waals surface area contributed by atoms with Crippen LogP contribution in [0, 0.1) is 0 Å².